The molecule has 2 rings (SSSR count). The van der Waals surface area contributed by atoms with Gasteiger partial charge in [-0.15, -0.1) is 0 Å². The molecule has 0 bridgehead atoms. The molecule has 0 aliphatic carbocycles. The predicted molar refractivity (Wildman–Crippen MR) is 78.2 cm³/mol. The van der Waals surface area contributed by atoms with Gasteiger partial charge in [-0.05, 0) is 25.5 Å². The van der Waals surface area contributed by atoms with E-state index in [1.807, 2.05) is 13.8 Å². The van der Waals surface area contributed by atoms with Crippen LogP contribution in [0.4, 0.5) is 0 Å². The number of pyridine rings is 1. The molecule has 1 aliphatic heterocycles. The first kappa shape index (κ1) is 15.4. The number of rotatable bonds is 4. The van der Waals surface area contributed by atoms with Crippen LogP contribution in [0.3, 0.4) is 0 Å². The first-order valence-electron chi connectivity index (χ1n) is 7.26. The predicted octanol–water partition coefficient (Wildman–Crippen LogP) is 1.08. The van der Waals surface area contributed by atoms with Crippen LogP contribution in [0.2, 0.25) is 0 Å². The Bertz CT molecular complexity index is 513. The van der Waals surface area contributed by atoms with Gasteiger partial charge >= 0.3 is 0 Å². The minimum Gasteiger partial charge on any atom is -0.378 e. The third kappa shape index (κ3) is 4.01. The van der Waals surface area contributed by atoms with E-state index in [0.717, 1.165) is 6.42 Å². The summed E-state index contributed by atoms with van der Waals surface area (Å²) in [4.78, 5) is 30.3. The molecule has 1 aromatic rings. The highest BCUT2D eigenvalue weighted by Crippen LogP contribution is 2.07. The smallest absolute Gasteiger partial charge is 0.272 e. The lowest BCUT2D eigenvalue weighted by molar-refractivity contribution is 0.0299. The molecule has 1 saturated heterocycles. The number of aromatic nitrogens is 1. The van der Waals surface area contributed by atoms with Crippen LogP contribution in [0, 0.1) is 0 Å². The second kappa shape index (κ2) is 7.17. The Kier molecular flexibility index (Phi) is 5.27. The molecular weight excluding hydrogens is 270 g/mol. The summed E-state index contributed by atoms with van der Waals surface area (Å²) >= 11 is 0. The fraction of sp³-hybridized carbons (Fsp3) is 0.533. The average Bonchev–Trinajstić information content (AvgIpc) is 2.55. The van der Waals surface area contributed by atoms with E-state index in [4.69, 9.17) is 4.74 Å². The zero-order valence-corrected chi connectivity index (χ0v) is 12.5. The van der Waals surface area contributed by atoms with Crippen molar-refractivity contribution in [2.45, 2.75) is 26.3 Å². The maximum absolute atomic E-state index is 12.3. The maximum Gasteiger partial charge on any atom is 0.272 e. The van der Waals surface area contributed by atoms with Crippen LogP contribution in [0.5, 0.6) is 0 Å². The van der Waals surface area contributed by atoms with Crippen LogP contribution < -0.4 is 5.32 Å². The second-order valence-electron chi connectivity index (χ2n) is 5.10. The molecule has 2 amide bonds. The van der Waals surface area contributed by atoms with Crippen molar-refractivity contribution in [3.05, 3.63) is 29.6 Å². The minimum absolute atomic E-state index is 0.0814. The van der Waals surface area contributed by atoms with Crippen molar-refractivity contribution in [1.29, 1.82) is 0 Å². The normalized spacial score (nSPS) is 16.4. The van der Waals surface area contributed by atoms with Crippen LogP contribution in [-0.4, -0.2) is 54.0 Å². The van der Waals surface area contributed by atoms with E-state index in [1.54, 1.807) is 23.1 Å². The van der Waals surface area contributed by atoms with Crippen LogP contribution in [0.25, 0.3) is 0 Å². The van der Waals surface area contributed by atoms with Gasteiger partial charge in [0.2, 0.25) is 0 Å². The zero-order chi connectivity index (χ0) is 15.2. The van der Waals surface area contributed by atoms with Crippen molar-refractivity contribution in [2.24, 2.45) is 0 Å². The molecule has 2 heterocycles. The van der Waals surface area contributed by atoms with E-state index < -0.39 is 0 Å². The largest absolute Gasteiger partial charge is 0.378 e. The summed E-state index contributed by atoms with van der Waals surface area (Å²) < 4.78 is 5.23. The Labute approximate surface area is 124 Å². The summed E-state index contributed by atoms with van der Waals surface area (Å²) in [6.07, 6.45) is 0.845. The van der Waals surface area contributed by atoms with Gasteiger partial charge in [-0.2, -0.15) is 0 Å². The van der Waals surface area contributed by atoms with Crippen LogP contribution in [0.15, 0.2) is 18.2 Å². The lowest BCUT2D eigenvalue weighted by Gasteiger charge is -2.26. The van der Waals surface area contributed by atoms with Crippen LogP contribution in [0.1, 0.15) is 41.2 Å². The number of nitrogens with zero attached hydrogens (tertiary/aromatic N) is 2. The van der Waals surface area contributed by atoms with Gasteiger partial charge in [-0.3, -0.25) is 9.59 Å². The van der Waals surface area contributed by atoms with Gasteiger partial charge in [-0.1, -0.05) is 13.0 Å². The van der Waals surface area contributed by atoms with Crippen LogP contribution >= 0.6 is 0 Å². The van der Waals surface area contributed by atoms with Crippen LogP contribution in [-0.2, 0) is 4.74 Å². The molecule has 1 aliphatic rings. The summed E-state index contributed by atoms with van der Waals surface area (Å²) in [7, 11) is 0. The van der Waals surface area contributed by atoms with E-state index in [0.29, 0.717) is 32.0 Å². The first-order valence-corrected chi connectivity index (χ1v) is 7.26. The van der Waals surface area contributed by atoms with E-state index in [2.05, 4.69) is 10.3 Å². The number of nitrogens with one attached hydrogen (secondary N) is 1. The highest BCUT2D eigenvalue weighted by molar-refractivity contribution is 5.96. The number of hydrogen-bond acceptors (Lipinski definition) is 4. The van der Waals surface area contributed by atoms with Gasteiger partial charge in [0, 0.05) is 19.1 Å². The van der Waals surface area contributed by atoms with Crippen molar-refractivity contribution in [2.75, 3.05) is 26.3 Å². The molecule has 6 nitrogen and oxygen atoms in total. The monoisotopic (exact) mass is 291 g/mol. The summed E-state index contributed by atoms with van der Waals surface area (Å²) in [6.45, 7) is 6.13. The van der Waals surface area contributed by atoms with Gasteiger partial charge in [-0.25, -0.2) is 4.98 Å². The van der Waals surface area contributed by atoms with E-state index in [1.165, 1.54) is 0 Å². The molecule has 1 fully saturated rings. The summed E-state index contributed by atoms with van der Waals surface area (Å²) in [5.74, 6) is -0.405. The molecule has 1 unspecified atom stereocenters. The summed E-state index contributed by atoms with van der Waals surface area (Å²) in [5, 5.41) is 2.85. The topological polar surface area (TPSA) is 71.5 Å². The highest BCUT2D eigenvalue weighted by atomic mass is 16.5. The van der Waals surface area contributed by atoms with Crippen molar-refractivity contribution < 1.29 is 14.3 Å². The molecule has 21 heavy (non-hydrogen) atoms. The van der Waals surface area contributed by atoms with Crippen molar-refractivity contribution >= 4 is 11.8 Å². The number of ether oxygens (including phenoxy) is 1. The summed E-state index contributed by atoms with van der Waals surface area (Å²) in [5.41, 5.74) is 0.572. The first-order chi connectivity index (χ1) is 10.1. The number of amides is 2. The SMILES string of the molecule is CCC(C)NC(=O)c1cccc(C(=O)N2CCOCC2)n1. The van der Waals surface area contributed by atoms with E-state index in [-0.39, 0.29) is 23.6 Å². The van der Waals surface area contributed by atoms with Gasteiger partial charge < -0.3 is 15.0 Å². The molecule has 1 atom stereocenters. The molecule has 0 radical (unpaired) electrons. The quantitative estimate of drug-likeness (QED) is 0.901. The summed E-state index contributed by atoms with van der Waals surface area (Å²) in [6, 6.07) is 5.02. The molecule has 0 aromatic carbocycles. The molecule has 1 N–H and O–H groups in total. The van der Waals surface area contributed by atoms with E-state index >= 15 is 0 Å². The molecule has 1 aromatic heterocycles. The van der Waals surface area contributed by atoms with E-state index in [9.17, 15) is 9.59 Å². The Morgan fingerprint density at radius 1 is 1.33 bits per heavy atom. The fourth-order valence-electron chi connectivity index (χ4n) is 2.01. The maximum atomic E-state index is 12.3. The zero-order valence-electron chi connectivity index (χ0n) is 12.5. The molecule has 6 heteroatoms. The molecule has 114 valence electrons. The fourth-order valence-corrected chi connectivity index (χ4v) is 2.01. The van der Waals surface area contributed by atoms with Crippen molar-refractivity contribution in [3.8, 4) is 0 Å². The highest BCUT2D eigenvalue weighted by Gasteiger charge is 2.20. The Morgan fingerprint density at radius 2 is 2.00 bits per heavy atom. The average molecular weight is 291 g/mol. The standard InChI is InChI=1S/C15H21N3O3/c1-3-11(2)16-14(19)12-5-4-6-13(17-12)15(20)18-7-9-21-10-8-18/h4-6,11H,3,7-10H2,1-2H3,(H,16,19). The van der Waals surface area contributed by atoms with Crippen molar-refractivity contribution in [3.63, 3.8) is 0 Å². The Morgan fingerprint density at radius 3 is 2.67 bits per heavy atom. The lowest BCUT2D eigenvalue weighted by atomic mass is 10.2. The number of morpholine rings is 1. The Hall–Kier alpha value is -1.95. The van der Waals surface area contributed by atoms with Gasteiger partial charge in [0.25, 0.3) is 11.8 Å². The molecule has 0 spiro atoms. The van der Waals surface area contributed by atoms with Gasteiger partial charge in [0.05, 0.1) is 13.2 Å². The molecular formula is C15H21N3O3. The van der Waals surface area contributed by atoms with Gasteiger partial charge in [0.1, 0.15) is 11.4 Å². The third-order valence-electron chi connectivity index (χ3n) is 3.49. The van der Waals surface area contributed by atoms with Gasteiger partial charge in [0.15, 0.2) is 0 Å². The second-order valence-corrected chi connectivity index (χ2v) is 5.10. The third-order valence-corrected chi connectivity index (χ3v) is 3.49. The number of carbonyl (C=O) groups excluding carboxylic acids is 2. The Balaban J connectivity index is 2.09. The molecule has 0 saturated carbocycles. The number of hydrogen-bond donors (Lipinski definition) is 1. The minimum atomic E-state index is -0.249. The van der Waals surface area contributed by atoms with Crippen molar-refractivity contribution in [1.82, 2.24) is 15.2 Å². The lowest BCUT2D eigenvalue weighted by Crippen LogP contribution is -2.41. The number of carbonyl (C=O) groups is 2.